The summed E-state index contributed by atoms with van der Waals surface area (Å²) in [6.45, 7) is 1.47. The first kappa shape index (κ1) is 14.6. The molecule has 0 rings (SSSR count). The molecule has 0 spiro atoms. The van der Waals surface area contributed by atoms with E-state index < -0.39 is 29.4 Å². The maximum Gasteiger partial charge on any atom is 0.431 e. The second kappa shape index (κ2) is 6.26. The monoisotopic (exact) mass is 257 g/mol. The summed E-state index contributed by atoms with van der Waals surface area (Å²) >= 11 is 4.28. The summed E-state index contributed by atoms with van der Waals surface area (Å²) in [6.07, 6.45) is -5.74. The standard InChI is InChI=1S/C7H10F3N3O2S/c1-2-15-5(14)3-4(7(8,9)10)12-13-6(11)16/h2-3H2,1H3,(H3,11,13,16)/b12-4-. The van der Waals surface area contributed by atoms with E-state index in [-0.39, 0.29) is 6.61 Å². The molecule has 16 heavy (non-hydrogen) atoms. The van der Waals surface area contributed by atoms with Gasteiger partial charge in [0.2, 0.25) is 0 Å². The zero-order chi connectivity index (χ0) is 12.8. The number of hydrogen-bond donors (Lipinski definition) is 2. The van der Waals surface area contributed by atoms with Gasteiger partial charge in [-0.3, -0.25) is 10.2 Å². The summed E-state index contributed by atoms with van der Waals surface area (Å²) in [5.74, 6) is -1.02. The minimum absolute atomic E-state index is 0.00724. The fourth-order valence-corrected chi connectivity index (χ4v) is 0.720. The number of thiocarbonyl (C=S) groups is 1. The van der Waals surface area contributed by atoms with Gasteiger partial charge in [-0.25, -0.2) is 0 Å². The number of carbonyl (C=O) groups is 1. The van der Waals surface area contributed by atoms with E-state index in [1.807, 2.05) is 0 Å². The van der Waals surface area contributed by atoms with Crippen LogP contribution in [-0.2, 0) is 9.53 Å². The Hall–Kier alpha value is -1.38. The largest absolute Gasteiger partial charge is 0.466 e. The van der Waals surface area contributed by atoms with Crippen molar-refractivity contribution in [3.05, 3.63) is 0 Å². The molecule has 3 N–H and O–H groups in total. The zero-order valence-corrected chi connectivity index (χ0v) is 9.11. The summed E-state index contributed by atoms with van der Waals surface area (Å²) in [6, 6.07) is 0. The number of rotatable bonds is 4. The molecule has 0 radical (unpaired) electrons. The van der Waals surface area contributed by atoms with Crippen LogP contribution < -0.4 is 11.2 Å². The Kier molecular flexibility index (Phi) is 5.72. The molecule has 0 saturated heterocycles. The van der Waals surface area contributed by atoms with Crippen LogP contribution in [0.15, 0.2) is 5.10 Å². The summed E-state index contributed by atoms with van der Waals surface area (Å²) in [5, 5.41) is 2.47. The van der Waals surface area contributed by atoms with Crippen LogP contribution in [0.4, 0.5) is 13.2 Å². The van der Waals surface area contributed by atoms with Gasteiger partial charge in [0.25, 0.3) is 0 Å². The highest BCUT2D eigenvalue weighted by Crippen LogP contribution is 2.19. The van der Waals surface area contributed by atoms with E-state index in [9.17, 15) is 18.0 Å². The number of alkyl halides is 3. The summed E-state index contributed by atoms with van der Waals surface area (Å²) < 4.78 is 41.3. The number of nitrogens with zero attached hydrogens (tertiary/aromatic N) is 1. The molecule has 0 aliphatic heterocycles. The van der Waals surface area contributed by atoms with Gasteiger partial charge in [0.1, 0.15) is 0 Å². The number of hydrazone groups is 1. The fraction of sp³-hybridized carbons (Fsp3) is 0.571. The van der Waals surface area contributed by atoms with Gasteiger partial charge < -0.3 is 10.5 Å². The summed E-state index contributed by atoms with van der Waals surface area (Å²) in [5.41, 5.74) is 5.32. The van der Waals surface area contributed by atoms with Gasteiger partial charge in [-0.1, -0.05) is 0 Å². The van der Waals surface area contributed by atoms with Gasteiger partial charge in [-0.2, -0.15) is 18.3 Å². The number of halogens is 3. The first-order valence-corrected chi connectivity index (χ1v) is 4.53. The van der Waals surface area contributed by atoms with Crippen LogP contribution in [0.2, 0.25) is 0 Å². The van der Waals surface area contributed by atoms with Crippen molar-refractivity contribution in [1.29, 1.82) is 0 Å². The predicted molar refractivity (Wildman–Crippen MR) is 54.7 cm³/mol. The topological polar surface area (TPSA) is 76.7 Å². The molecule has 0 aliphatic carbocycles. The van der Waals surface area contributed by atoms with E-state index in [0.717, 1.165) is 0 Å². The maximum absolute atomic E-state index is 12.3. The van der Waals surface area contributed by atoms with Gasteiger partial charge in [-0.05, 0) is 19.1 Å². The Morgan fingerprint density at radius 3 is 2.50 bits per heavy atom. The Balaban J connectivity index is 4.63. The van der Waals surface area contributed by atoms with Crippen LogP contribution in [-0.4, -0.2) is 29.6 Å². The third-order valence-electron chi connectivity index (χ3n) is 1.25. The smallest absolute Gasteiger partial charge is 0.431 e. The molecule has 9 heteroatoms. The number of nitrogens with one attached hydrogen (secondary N) is 1. The Morgan fingerprint density at radius 1 is 1.56 bits per heavy atom. The van der Waals surface area contributed by atoms with E-state index in [1.54, 1.807) is 5.43 Å². The number of ether oxygens (including phenoxy) is 1. The molecule has 0 unspecified atom stereocenters. The lowest BCUT2D eigenvalue weighted by Crippen LogP contribution is -2.32. The second-order valence-electron chi connectivity index (χ2n) is 2.51. The molecule has 0 aliphatic rings. The molecule has 0 amide bonds. The number of carbonyl (C=O) groups excluding carboxylic acids is 1. The van der Waals surface area contributed by atoms with Crippen LogP contribution in [0.5, 0.6) is 0 Å². The van der Waals surface area contributed by atoms with Crippen molar-refractivity contribution in [2.24, 2.45) is 10.8 Å². The molecule has 0 atom stereocenters. The lowest BCUT2D eigenvalue weighted by Gasteiger charge is -2.09. The van der Waals surface area contributed by atoms with Gasteiger partial charge in [-0.15, -0.1) is 0 Å². The van der Waals surface area contributed by atoms with E-state index in [1.165, 1.54) is 6.92 Å². The minimum Gasteiger partial charge on any atom is -0.466 e. The van der Waals surface area contributed by atoms with Gasteiger partial charge in [0.15, 0.2) is 10.8 Å². The third-order valence-corrected chi connectivity index (χ3v) is 1.34. The number of nitrogens with two attached hydrogens (primary N) is 1. The van der Waals surface area contributed by atoms with Crippen molar-refractivity contribution in [2.45, 2.75) is 19.5 Å². The molecule has 0 fully saturated rings. The molecule has 0 aromatic carbocycles. The molecule has 0 aromatic heterocycles. The van der Waals surface area contributed by atoms with Crippen molar-refractivity contribution < 1.29 is 22.7 Å². The van der Waals surface area contributed by atoms with E-state index in [4.69, 9.17) is 5.73 Å². The van der Waals surface area contributed by atoms with Crippen LogP contribution in [0.25, 0.3) is 0 Å². The molecule has 0 saturated carbocycles. The van der Waals surface area contributed by atoms with Gasteiger partial charge in [0, 0.05) is 0 Å². The molecular formula is C7H10F3N3O2S. The molecule has 0 heterocycles. The highest BCUT2D eigenvalue weighted by molar-refractivity contribution is 7.80. The van der Waals surface area contributed by atoms with Crippen molar-refractivity contribution in [1.82, 2.24) is 5.43 Å². The molecular weight excluding hydrogens is 247 g/mol. The van der Waals surface area contributed by atoms with Crippen molar-refractivity contribution in [3.8, 4) is 0 Å². The summed E-state index contributed by atoms with van der Waals surface area (Å²) in [7, 11) is 0. The third kappa shape index (κ3) is 6.17. The molecule has 5 nitrogen and oxygen atoms in total. The van der Waals surface area contributed by atoms with Crippen LogP contribution in [0.3, 0.4) is 0 Å². The molecule has 0 aromatic rings. The normalized spacial score (nSPS) is 12.1. The van der Waals surface area contributed by atoms with Crippen molar-refractivity contribution >= 4 is 29.0 Å². The fourth-order valence-electron chi connectivity index (χ4n) is 0.674. The van der Waals surface area contributed by atoms with Crippen LogP contribution in [0.1, 0.15) is 13.3 Å². The minimum atomic E-state index is -4.75. The second-order valence-corrected chi connectivity index (χ2v) is 2.95. The molecule has 0 bridgehead atoms. The zero-order valence-electron chi connectivity index (χ0n) is 8.30. The predicted octanol–water partition coefficient (Wildman–Crippen LogP) is 0.691. The van der Waals surface area contributed by atoms with Crippen molar-refractivity contribution in [3.63, 3.8) is 0 Å². The van der Waals surface area contributed by atoms with Gasteiger partial charge in [0.05, 0.1) is 13.0 Å². The first-order chi connectivity index (χ1) is 7.27. The summed E-state index contributed by atoms with van der Waals surface area (Å²) in [4.78, 5) is 10.8. The quantitative estimate of drug-likeness (QED) is 0.335. The average molecular weight is 257 g/mol. The highest BCUT2D eigenvalue weighted by Gasteiger charge is 2.37. The van der Waals surface area contributed by atoms with Crippen molar-refractivity contribution in [2.75, 3.05) is 6.61 Å². The maximum atomic E-state index is 12.3. The number of esters is 1. The SMILES string of the molecule is CCOC(=O)C/C(=N/NC(N)=S)C(F)(F)F. The Labute approximate surface area is 94.8 Å². The van der Waals surface area contributed by atoms with Gasteiger partial charge >= 0.3 is 12.1 Å². The van der Waals surface area contributed by atoms with Crippen LogP contribution in [0, 0.1) is 0 Å². The molecule has 92 valence electrons. The Bertz CT molecular complexity index is 304. The van der Waals surface area contributed by atoms with E-state index in [0.29, 0.717) is 0 Å². The van der Waals surface area contributed by atoms with E-state index >= 15 is 0 Å². The lowest BCUT2D eigenvalue weighted by molar-refractivity contribution is -0.142. The Morgan fingerprint density at radius 2 is 2.12 bits per heavy atom. The van der Waals surface area contributed by atoms with E-state index in [2.05, 4.69) is 22.1 Å². The first-order valence-electron chi connectivity index (χ1n) is 4.12. The lowest BCUT2D eigenvalue weighted by atomic mass is 10.2. The average Bonchev–Trinajstić information content (AvgIpc) is 2.10. The highest BCUT2D eigenvalue weighted by atomic mass is 32.1. The number of hydrogen-bond acceptors (Lipinski definition) is 4. The van der Waals surface area contributed by atoms with Crippen LogP contribution >= 0.6 is 12.2 Å².